The maximum absolute atomic E-state index is 11.9. The second-order valence-corrected chi connectivity index (χ2v) is 5.02. The first-order valence-corrected chi connectivity index (χ1v) is 7.02. The number of hydrogen-bond acceptors (Lipinski definition) is 4. The molecule has 0 aliphatic heterocycles. The van der Waals surface area contributed by atoms with E-state index in [4.69, 9.17) is 0 Å². The van der Waals surface area contributed by atoms with Crippen molar-refractivity contribution in [2.24, 2.45) is 0 Å². The van der Waals surface area contributed by atoms with Crippen LogP contribution in [0.25, 0.3) is 0 Å². The maximum Gasteiger partial charge on any atom is 0.324 e. The van der Waals surface area contributed by atoms with Gasteiger partial charge >= 0.3 is 6.03 Å². The van der Waals surface area contributed by atoms with Crippen molar-refractivity contribution >= 4 is 40.2 Å². The zero-order chi connectivity index (χ0) is 15.3. The molecule has 1 N–H and O–H groups in total. The molecule has 0 unspecified atom stereocenters. The van der Waals surface area contributed by atoms with Crippen LogP contribution in [0.1, 0.15) is 24.2 Å². The Balaban J connectivity index is 2.91. The van der Waals surface area contributed by atoms with E-state index in [0.29, 0.717) is 16.7 Å². The molecule has 0 fully saturated rings. The third-order valence-electron chi connectivity index (χ3n) is 2.68. The molecule has 0 atom stereocenters. The SMILES string of the molecule is CCN(CC)C(=O)NC(=O)c1ccc(I)c([N+](=O)[O-])c1. The lowest BCUT2D eigenvalue weighted by Crippen LogP contribution is -2.42. The number of nitro benzene ring substituents is 1. The lowest BCUT2D eigenvalue weighted by molar-refractivity contribution is -0.385. The van der Waals surface area contributed by atoms with Crippen molar-refractivity contribution in [3.8, 4) is 0 Å². The van der Waals surface area contributed by atoms with E-state index in [1.807, 2.05) is 22.6 Å². The molecule has 0 saturated carbocycles. The number of nitrogens with one attached hydrogen (secondary N) is 1. The monoisotopic (exact) mass is 391 g/mol. The summed E-state index contributed by atoms with van der Waals surface area (Å²) in [5.74, 6) is -0.651. The summed E-state index contributed by atoms with van der Waals surface area (Å²) in [6.07, 6.45) is 0. The van der Waals surface area contributed by atoms with Crippen molar-refractivity contribution in [3.63, 3.8) is 0 Å². The fourth-order valence-electron chi connectivity index (χ4n) is 1.55. The minimum Gasteiger partial charge on any atom is -0.325 e. The van der Waals surface area contributed by atoms with Crippen LogP contribution in [0, 0.1) is 13.7 Å². The number of hydrogen-bond donors (Lipinski definition) is 1. The molecule has 7 nitrogen and oxygen atoms in total. The van der Waals surface area contributed by atoms with E-state index in [1.54, 1.807) is 13.8 Å². The lowest BCUT2D eigenvalue weighted by atomic mass is 10.2. The first-order chi connectivity index (χ1) is 9.40. The standard InChI is InChI=1S/C12H14IN3O4/c1-3-15(4-2)12(18)14-11(17)8-5-6-9(13)10(7-8)16(19)20/h5-7H,3-4H2,1-2H3,(H,14,17,18). The Bertz CT molecular complexity index is 544. The highest BCUT2D eigenvalue weighted by molar-refractivity contribution is 14.1. The number of carbonyl (C=O) groups excluding carboxylic acids is 2. The van der Waals surface area contributed by atoms with Crippen molar-refractivity contribution in [3.05, 3.63) is 37.4 Å². The first kappa shape index (κ1) is 16.3. The predicted molar refractivity (Wildman–Crippen MR) is 81.6 cm³/mol. The van der Waals surface area contributed by atoms with Crippen molar-refractivity contribution in [1.29, 1.82) is 0 Å². The third-order valence-corrected chi connectivity index (χ3v) is 3.59. The van der Waals surface area contributed by atoms with Gasteiger partial charge in [-0.25, -0.2) is 4.79 Å². The Morgan fingerprint density at radius 2 is 1.95 bits per heavy atom. The first-order valence-electron chi connectivity index (χ1n) is 5.94. The van der Waals surface area contributed by atoms with E-state index < -0.39 is 16.9 Å². The van der Waals surface area contributed by atoms with E-state index in [2.05, 4.69) is 5.32 Å². The molecular weight excluding hydrogens is 377 g/mol. The normalized spacial score (nSPS) is 9.95. The Morgan fingerprint density at radius 3 is 2.45 bits per heavy atom. The Kier molecular flexibility index (Phi) is 5.86. The van der Waals surface area contributed by atoms with Crippen LogP contribution in [0.3, 0.4) is 0 Å². The van der Waals surface area contributed by atoms with Crippen molar-refractivity contribution in [2.75, 3.05) is 13.1 Å². The van der Waals surface area contributed by atoms with Gasteiger partial charge in [0.25, 0.3) is 11.6 Å². The number of urea groups is 1. The molecule has 1 aromatic carbocycles. The average molecular weight is 391 g/mol. The molecule has 0 heterocycles. The van der Waals surface area contributed by atoms with Gasteiger partial charge in [0, 0.05) is 24.7 Å². The zero-order valence-electron chi connectivity index (χ0n) is 11.1. The van der Waals surface area contributed by atoms with Gasteiger partial charge in [-0.3, -0.25) is 20.2 Å². The van der Waals surface area contributed by atoms with Crippen molar-refractivity contribution in [2.45, 2.75) is 13.8 Å². The smallest absolute Gasteiger partial charge is 0.324 e. The Labute approximate surface area is 129 Å². The van der Waals surface area contributed by atoms with Gasteiger partial charge in [0.15, 0.2) is 0 Å². The van der Waals surface area contributed by atoms with Gasteiger partial charge in [-0.05, 0) is 48.6 Å². The molecule has 0 bridgehead atoms. The second kappa shape index (κ2) is 7.17. The number of benzene rings is 1. The highest BCUT2D eigenvalue weighted by Crippen LogP contribution is 2.21. The topological polar surface area (TPSA) is 92.6 Å². The van der Waals surface area contributed by atoms with E-state index >= 15 is 0 Å². The molecule has 3 amide bonds. The molecule has 8 heteroatoms. The molecule has 0 aliphatic rings. The van der Waals surface area contributed by atoms with Gasteiger partial charge in [-0.15, -0.1) is 0 Å². The number of imide groups is 1. The summed E-state index contributed by atoms with van der Waals surface area (Å²) in [5, 5.41) is 13.0. The highest BCUT2D eigenvalue weighted by Gasteiger charge is 2.18. The zero-order valence-corrected chi connectivity index (χ0v) is 13.2. The molecule has 1 rings (SSSR count). The van der Waals surface area contributed by atoms with Gasteiger partial charge in [0.2, 0.25) is 0 Å². The molecule has 0 aromatic heterocycles. The van der Waals surface area contributed by atoms with Crippen LogP contribution in [0.5, 0.6) is 0 Å². The number of carbonyl (C=O) groups is 2. The minimum absolute atomic E-state index is 0.0811. The van der Waals surface area contributed by atoms with Crippen molar-refractivity contribution in [1.82, 2.24) is 10.2 Å². The Hall–Kier alpha value is -1.71. The van der Waals surface area contributed by atoms with Gasteiger partial charge in [0.1, 0.15) is 0 Å². The van der Waals surface area contributed by atoms with Gasteiger partial charge < -0.3 is 4.90 Å². The van der Waals surface area contributed by atoms with Crippen LogP contribution >= 0.6 is 22.6 Å². The summed E-state index contributed by atoms with van der Waals surface area (Å²) < 4.78 is 0.430. The van der Waals surface area contributed by atoms with E-state index in [1.165, 1.54) is 17.0 Å². The summed E-state index contributed by atoms with van der Waals surface area (Å²) in [6.45, 7) is 4.54. The molecular formula is C12H14IN3O4. The fourth-order valence-corrected chi connectivity index (χ4v) is 2.09. The van der Waals surface area contributed by atoms with Crippen LogP contribution in [0.4, 0.5) is 10.5 Å². The number of amides is 3. The quantitative estimate of drug-likeness (QED) is 0.485. The molecule has 1 aromatic rings. The van der Waals surface area contributed by atoms with Crippen LogP contribution < -0.4 is 5.32 Å². The number of rotatable bonds is 4. The summed E-state index contributed by atoms with van der Waals surface area (Å²) in [4.78, 5) is 35.3. The van der Waals surface area contributed by atoms with Gasteiger partial charge in [-0.2, -0.15) is 0 Å². The summed E-state index contributed by atoms with van der Waals surface area (Å²) >= 11 is 1.82. The minimum atomic E-state index is -0.651. The van der Waals surface area contributed by atoms with Crippen LogP contribution in [-0.4, -0.2) is 34.9 Å². The van der Waals surface area contributed by atoms with Gasteiger partial charge in [-0.1, -0.05) is 0 Å². The molecule has 20 heavy (non-hydrogen) atoms. The maximum atomic E-state index is 11.9. The van der Waals surface area contributed by atoms with Crippen LogP contribution in [0.15, 0.2) is 18.2 Å². The summed E-state index contributed by atoms with van der Waals surface area (Å²) in [6, 6.07) is 3.56. The van der Waals surface area contributed by atoms with Gasteiger partial charge in [0.05, 0.1) is 8.49 Å². The lowest BCUT2D eigenvalue weighted by Gasteiger charge is -2.18. The summed E-state index contributed by atoms with van der Waals surface area (Å²) in [7, 11) is 0. The average Bonchev–Trinajstić information content (AvgIpc) is 2.40. The number of nitrogens with zero attached hydrogens (tertiary/aromatic N) is 2. The van der Waals surface area contributed by atoms with Crippen molar-refractivity contribution < 1.29 is 14.5 Å². The molecule has 108 valence electrons. The van der Waals surface area contributed by atoms with Crippen LogP contribution in [0.2, 0.25) is 0 Å². The highest BCUT2D eigenvalue weighted by atomic mass is 127. The molecule has 0 aliphatic carbocycles. The van der Waals surface area contributed by atoms with E-state index in [0.717, 1.165) is 6.07 Å². The largest absolute Gasteiger partial charge is 0.325 e. The third kappa shape index (κ3) is 3.89. The molecule has 0 saturated heterocycles. The fraction of sp³-hybridized carbons (Fsp3) is 0.333. The number of halogens is 1. The predicted octanol–water partition coefficient (Wildman–Crippen LogP) is 2.39. The van der Waals surface area contributed by atoms with E-state index in [9.17, 15) is 19.7 Å². The number of nitro groups is 1. The Morgan fingerprint density at radius 1 is 1.35 bits per heavy atom. The summed E-state index contributed by atoms with van der Waals surface area (Å²) in [5.41, 5.74) is -0.0776. The van der Waals surface area contributed by atoms with Crippen LogP contribution in [-0.2, 0) is 0 Å². The molecule has 0 spiro atoms. The van der Waals surface area contributed by atoms with E-state index in [-0.39, 0.29) is 11.3 Å². The molecule has 0 radical (unpaired) electrons. The second-order valence-electron chi connectivity index (χ2n) is 3.85.